The van der Waals surface area contributed by atoms with Crippen molar-refractivity contribution >= 4 is 0 Å². The quantitative estimate of drug-likeness (QED) is 0.530. The molecule has 0 N–H and O–H groups in total. The van der Waals surface area contributed by atoms with Crippen molar-refractivity contribution in [3.05, 3.63) is 48.0 Å². The minimum absolute atomic E-state index is 0.816. The highest BCUT2D eigenvalue weighted by atomic mass is 14.3. The van der Waals surface area contributed by atoms with Gasteiger partial charge in [-0.15, -0.1) is 0 Å². The third-order valence-corrected chi connectivity index (χ3v) is 4.63. The first-order valence-corrected chi connectivity index (χ1v) is 7.17. The molecule has 2 aliphatic carbocycles. The Hall–Kier alpha value is -1.56. The first-order chi connectivity index (χ1) is 8.93. The molecular weight excluding hydrogens is 216 g/mol. The standard InChI is InChI=1S/C18H18/c1-2-6-13(7-3-1)14-10-11-17-15-8-4-5-9-16(15)18(17)12-14/h4-5,8-13H,1-3,6-7H2. The Morgan fingerprint density at radius 2 is 1.33 bits per heavy atom. The molecule has 2 aliphatic rings. The number of fused-ring (bicyclic) bond motifs is 4. The van der Waals surface area contributed by atoms with Gasteiger partial charge in [0.1, 0.15) is 0 Å². The number of benzene rings is 2. The van der Waals surface area contributed by atoms with Crippen LogP contribution >= 0.6 is 0 Å². The van der Waals surface area contributed by atoms with E-state index in [4.69, 9.17) is 0 Å². The maximum atomic E-state index is 2.45. The zero-order valence-electron chi connectivity index (χ0n) is 10.7. The van der Waals surface area contributed by atoms with Gasteiger partial charge in [0.25, 0.3) is 0 Å². The van der Waals surface area contributed by atoms with Gasteiger partial charge >= 0.3 is 0 Å². The van der Waals surface area contributed by atoms with Crippen LogP contribution in [0.1, 0.15) is 43.6 Å². The second kappa shape index (κ2) is 3.98. The predicted molar refractivity (Wildman–Crippen MR) is 76.7 cm³/mol. The lowest BCUT2D eigenvalue weighted by Gasteiger charge is -2.28. The highest BCUT2D eigenvalue weighted by Gasteiger charge is 2.23. The molecule has 0 nitrogen and oxygen atoms in total. The molecule has 2 aromatic rings. The topological polar surface area (TPSA) is 0 Å². The molecule has 18 heavy (non-hydrogen) atoms. The van der Waals surface area contributed by atoms with E-state index < -0.39 is 0 Å². The smallest absolute Gasteiger partial charge is 0.00961 e. The molecule has 1 saturated carbocycles. The van der Waals surface area contributed by atoms with Crippen LogP contribution < -0.4 is 0 Å². The van der Waals surface area contributed by atoms with E-state index in [9.17, 15) is 0 Å². The van der Waals surface area contributed by atoms with Crippen molar-refractivity contribution in [2.45, 2.75) is 38.0 Å². The Balaban J connectivity index is 1.71. The van der Waals surface area contributed by atoms with Gasteiger partial charge in [0.15, 0.2) is 0 Å². The SMILES string of the molecule is c1ccc2c(c1)-c1ccc(C3CCCCC3)cc1-2. The summed E-state index contributed by atoms with van der Waals surface area (Å²) in [5.41, 5.74) is 7.38. The monoisotopic (exact) mass is 234 g/mol. The van der Waals surface area contributed by atoms with Gasteiger partial charge in [0.05, 0.1) is 0 Å². The molecule has 0 heteroatoms. The van der Waals surface area contributed by atoms with E-state index in [2.05, 4.69) is 42.5 Å². The maximum Gasteiger partial charge on any atom is -0.00961 e. The summed E-state index contributed by atoms with van der Waals surface area (Å²) in [6, 6.07) is 15.9. The Bertz CT molecular complexity index is 589. The fourth-order valence-corrected chi connectivity index (χ4v) is 3.60. The molecule has 0 radical (unpaired) electrons. The van der Waals surface area contributed by atoms with Crippen molar-refractivity contribution < 1.29 is 0 Å². The van der Waals surface area contributed by atoms with Crippen LogP contribution in [0.2, 0.25) is 0 Å². The third kappa shape index (κ3) is 1.45. The van der Waals surface area contributed by atoms with E-state index in [1.54, 1.807) is 5.56 Å². The zero-order chi connectivity index (χ0) is 11.9. The van der Waals surface area contributed by atoms with E-state index in [1.165, 1.54) is 54.4 Å². The normalized spacial score (nSPS) is 17.8. The van der Waals surface area contributed by atoms with Gasteiger partial charge in [-0.05, 0) is 46.6 Å². The first kappa shape index (κ1) is 10.4. The van der Waals surface area contributed by atoms with Gasteiger partial charge in [0, 0.05) is 0 Å². The molecule has 90 valence electrons. The van der Waals surface area contributed by atoms with E-state index in [1.807, 2.05) is 0 Å². The predicted octanol–water partition coefficient (Wildman–Crippen LogP) is 5.38. The molecule has 0 spiro atoms. The van der Waals surface area contributed by atoms with Crippen LogP contribution in [-0.2, 0) is 0 Å². The van der Waals surface area contributed by atoms with E-state index in [-0.39, 0.29) is 0 Å². The van der Waals surface area contributed by atoms with Crippen molar-refractivity contribution in [1.82, 2.24) is 0 Å². The number of rotatable bonds is 1. The Labute approximate surface area is 109 Å². The van der Waals surface area contributed by atoms with Crippen molar-refractivity contribution in [1.29, 1.82) is 0 Å². The van der Waals surface area contributed by atoms with Crippen LogP contribution in [0.15, 0.2) is 42.5 Å². The molecule has 0 amide bonds. The largest absolute Gasteiger partial charge is 0.0616 e. The van der Waals surface area contributed by atoms with Crippen LogP contribution in [0.3, 0.4) is 0 Å². The summed E-state index contributed by atoms with van der Waals surface area (Å²) in [5.74, 6) is 0.816. The molecule has 4 rings (SSSR count). The molecule has 2 aromatic carbocycles. The maximum absolute atomic E-state index is 2.45. The third-order valence-electron chi connectivity index (χ3n) is 4.63. The molecule has 0 unspecified atom stereocenters. The molecule has 0 bridgehead atoms. The molecule has 0 aliphatic heterocycles. The van der Waals surface area contributed by atoms with Gasteiger partial charge in [-0.3, -0.25) is 0 Å². The van der Waals surface area contributed by atoms with Crippen LogP contribution in [0.25, 0.3) is 22.3 Å². The van der Waals surface area contributed by atoms with E-state index in [0.717, 1.165) is 5.92 Å². The van der Waals surface area contributed by atoms with Gasteiger partial charge in [-0.25, -0.2) is 0 Å². The van der Waals surface area contributed by atoms with Crippen LogP contribution in [0, 0.1) is 0 Å². The summed E-state index contributed by atoms with van der Waals surface area (Å²) >= 11 is 0. The van der Waals surface area contributed by atoms with Crippen molar-refractivity contribution in [2.75, 3.05) is 0 Å². The average molecular weight is 234 g/mol. The molecule has 0 saturated heterocycles. The lowest BCUT2D eigenvalue weighted by Crippen LogP contribution is -2.06. The highest BCUT2D eigenvalue weighted by Crippen LogP contribution is 2.48. The summed E-state index contributed by atoms with van der Waals surface area (Å²) in [7, 11) is 0. The fourth-order valence-electron chi connectivity index (χ4n) is 3.60. The van der Waals surface area contributed by atoms with Crippen molar-refractivity contribution in [3.63, 3.8) is 0 Å². The Morgan fingerprint density at radius 3 is 2.11 bits per heavy atom. The van der Waals surface area contributed by atoms with Gasteiger partial charge in [0.2, 0.25) is 0 Å². The van der Waals surface area contributed by atoms with Crippen LogP contribution in [0.4, 0.5) is 0 Å². The molecule has 0 aromatic heterocycles. The molecular formula is C18H18. The first-order valence-electron chi connectivity index (χ1n) is 7.17. The highest BCUT2D eigenvalue weighted by molar-refractivity contribution is 6.02. The summed E-state index contributed by atoms with van der Waals surface area (Å²) in [5, 5.41) is 0. The minimum Gasteiger partial charge on any atom is -0.0616 e. The lowest BCUT2D eigenvalue weighted by atomic mass is 9.76. The molecule has 1 fully saturated rings. The zero-order valence-corrected chi connectivity index (χ0v) is 10.7. The number of hydrogen-bond donors (Lipinski definition) is 0. The van der Waals surface area contributed by atoms with Gasteiger partial charge < -0.3 is 0 Å². The Kier molecular flexibility index (Phi) is 2.29. The summed E-state index contributed by atoms with van der Waals surface area (Å²) in [6.45, 7) is 0. The number of hydrogen-bond acceptors (Lipinski definition) is 0. The van der Waals surface area contributed by atoms with E-state index in [0.29, 0.717) is 0 Å². The summed E-state index contributed by atoms with van der Waals surface area (Å²) < 4.78 is 0. The minimum atomic E-state index is 0.816. The lowest BCUT2D eigenvalue weighted by molar-refractivity contribution is 0.443. The average Bonchev–Trinajstić information content (AvgIpc) is 2.45. The summed E-state index contributed by atoms with van der Waals surface area (Å²) in [4.78, 5) is 0. The fraction of sp³-hybridized carbons (Fsp3) is 0.333. The summed E-state index contributed by atoms with van der Waals surface area (Å²) in [6.07, 6.45) is 7.04. The van der Waals surface area contributed by atoms with Crippen LogP contribution in [-0.4, -0.2) is 0 Å². The Morgan fingerprint density at radius 1 is 0.667 bits per heavy atom. The molecule has 0 atom stereocenters. The second-order valence-electron chi connectivity index (χ2n) is 5.69. The van der Waals surface area contributed by atoms with Crippen molar-refractivity contribution in [2.24, 2.45) is 0 Å². The molecule has 0 heterocycles. The van der Waals surface area contributed by atoms with Gasteiger partial charge in [-0.1, -0.05) is 61.7 Å². The van der Waals surface area contributed by atoms with Crippen molar-refractivity contribution in [3.8, 4) is 22.3 Å². The van der Waals surface area contributed by atoms with Gasteiger partial charge in [-0.2, -0.15) is 0 Å². The van der Waals surface area contributed by atoms with Crippen LogP contribution in [0.5, 0.6) is 0 Å². The van der Waals surface area contributed by atoms with E-state index >= 15 is 0 Å². The second-order valence-corrected chi connectivity index (χ2v) is 5.69.